The number of benzene rings is 2. The number of hydrogen-bond donors (Lipinski definition) is 3. The minimum atomic E-state index is -4.35. The first-order chi connectivity index (χ1) is 21.3. The highest BCUT2D eigenvalue weighted by molar-refractivity contribution is 7.92. The molecule has 0 aliphatic carbocycles. The summed E-state index contributed by atoms with van der Waals surface area (Å²) in [7, 11) is -4.35. The minimum Gasteiger partial charge on any atom is -0.489 e. The first kappa shape index (κ1) is 18.4. The van der Waals surface area contributed by atoms with Gasteiger partial charge in [0.05, 0.1) is 39.3 Å². The van der Waals surface area contributed by atoms with Gasteiger partial charge in [-0.3, -0.25) is 0 Å². The lowest BCUT2D eigenvalue weighted by Gasteiger charge is -2.26. The Morgan fingerprint density at radius 2 is 1.97 bits per heavy atom. The molecule has 4 rings (SSSR count). The summed E-state index contributed by atoms with van der Waals surface area (Å²) in [5.74, 6) is -0.842. The highest BCUT2D eigenvalue weighted by Crippen LogP contribution is 2.37. The van der Waals surface area contributed by atoms with Crippen molar-refractivity contribution in [1.29, 1.82) is 0 Å². The molecule has 0 bridgehead atoms. The average Bonchev–Trinajstić information content (AvgIpc) is 2.88. The van der Waals surface area contributed by atoms with E-state index < -0.39 is 45.0 Å². The van der Waals surface area contributed by atoms with Gasteiger partial charge < -0.3 is 20.7 Å². The predicted octanol–water partition coefficient (Wildman–Crippen LogP) is 6.36. The lowest BCUT2D eigenvalue weighted by Crippen LogP contribution is -2.27. The Labute approximate surface area is 243 Å². The van der Waals surface area contributed by atoms with Gasteiger partial charge in [-0.25, -0.2) is 13.4 Å². The van der Waals surface area contributed by atoms with Crippen LogP contribution in [0.15, 0.2) is 47.4 Å². The number of piperidine rings is 1. The molecule has 0 amide bonds. The van der Waals surface area contributed by atoms with Crippen LogP contribution >= 0.6 is 11.6 Å². The Balaban J connectivity index is 1.80. The Morgan fingerprint density at radius 1 is 1.24 bits per heavy atom. The smallest absolute Gasteiger partial charge is 0.229 e. The molecule has 0 saturated carbocycles. The normalized spacial score (nSPS) is 21.3. The molecule has 1 saturated heterocycles. The number of hydrogen-bond acceptors (Lipinski definition) is 8. The molecule has 2 heterocycles. The van der Waals surface area contributed by atoms with E-state index in [9.17, 15) is 8.42 Å². The SMILES string of the molecule is [2H]c1cc([2H])c(Nc2nc(Nc3c(OC([2H])(C)C)cc(C4CC([2H])([2H])NC([2H])([2H])C4)c(C)c3[2H])ncc2Cl)c(S(=O)(=O)C([2H])(C)C)c1. The highest BCUT2D eigenvalue weighted by Gasteiger charge is 2.24. The van der Waals surface area contributed by atoms with Crippen molar-refractivity contribution < 1.29 is 25.5 Å². The van der Waals surface area contributed by atoms with Crippen molar-refractivity contribution in [2.45, 2.75) is 69.6 Å². The Hall–Kier alpha value is -2.88. The monoisotopic (exact) mass is 566 g/mol. The van der Waals surface area contributed by atoms with E-state index >= 15 is 0 Å². The van der Waals surface area contributed by atoms with Gasteiger partial charge in [0.2, 0.25) is 5.95 Å². The third-order valence-electron chi connectivity index (χ3n) is 5.72. The van der Waals surface area contributed by atoms with E-state index in [1.807, 2.05) is 0 Å². The van der Waals surface area contributed by atoms with E-state index in [4.69, 9.17) is 28.7 Å². The summed E-state index contributed by atoms with van der Waals surface area (Å²) in [6, 6.07) is 3.00. The second kappa shape index (κ2) is 11.9. The summed E-state index contributed by atoms with van der Waals surface area (Å²) in [6.07, 6.45) is -0.411. The lowest BCUT2D eigenvalue weighted by molar-refractivity contribution is 0.243. The number of nitrogens with one attached hydrogen (secondary N) is 3. The van der Waals surface area contributed by atoms with Crippen molar-refractivity contribution in [2.24, 2.45) is 0 Å². The zero-order chi connectivity index (χ0) is 35.5. The van der Waals surface area contributed by atoms with Crippen molar-refractivity contribution in [3.05, 3.63) is 58.7 Å². The number of ether oxygens (including phenoxy) is 1. The van der Waals surface area contributed by atoms with E-state index in [1.54, 1.807) is 13.0 Å². The molecule has 1 aromatic heterocycles. The molecule has 0 spiro atoms. The largest absolute Gasteiger partial charge is 0.489 e. The van der Waals surface area contributed by atoms with Crippen LogP contribution in [0.25, 0.3) is 0 Å². The third-order valence-corrected chi connectivity index (χ3v) is 7.97. The van der Waals surface area contributed by atoms with E-state index in [-0.39, 0.29) is 64.9 Å². The summed E-state index contributed by atoms with van der Waals surface area (Å²) in [5.41, 5.74) is 0.700. The molecule has 0 atom stereocenters. The van der Waals surface area contributed by atoms with Crippen LogP contribution in [0.1, 0.15) is 69.9 Å². The number of aromatic nitrogens is 2. The summed E-state index contributed by atoms with van der Waals surface area (Å²) in [5, 5.41) is 5.96. The molecule has 3 aromatic rings. The van der Waals surface area contributed by atoms with Crippen LogP contribution in [0.4, 0.5) is 23.1 Å². The molecule has 1 fully saturated rings. The molecule has 2 aromatic carbocycles. The molecule has 8 nitrogen and oxygen atoms in total. The Kier molecular flexibility index (Phi) is 5.76. The summed E-state index contributed by atoms with van der Waals surface area (Å²) in [6.45, 7) is 2.93. The number of anilines is 4. The molecule has 1 aliphatic rings. The maximum absolute atomic E-state index is 13.2. The molecule has 10 heteroatoms. The van der Waals surface area contributed by atoms with Gasteiger partial charge in [0, 0.05) is 6.85 Å². The summed E-state index contributed by atoms with van der Waals surface area (Å²) < 4.78 is 107. The number of halogens is 1. The van der Waals surface area contributed by atoms with Gasteiger partial charge in [-0.2, -0.15) is 4.98 Å². The number of para-hydroxylation sites is 1. The van der Waals surface area contributed by atoms with Crippen molar-refractivity contribution in [3.63, 3.8) is 0 Å². The predicted molar refractivity (Wildman–Crippen MR) is 154 cm³/mol. The van der Waals surface area contributed by atoms with Crippen molar-refractivity contribution in [3.8, 4) is 5.75 Å². The van der Waals surface area contributed by atoms with Crippen molar-refractivity contribution in [1.82, 2.24) is 15.3 Å². The molecule has 0 radical (unpaired) electrons. The van der Waals surface area contributed by atoms with Gasteiger partial charge in [0.25, 0.3) is 0 Å². The fourth-order valence-electron chi connectivity index (χ4n) is 3.81. The zero-order valence-electron chi connectivity index (χ0n) is 30.7. The van der Waals surface area contributed by atoms with Crippen molar-refractivity contribution >= 4 is 44.6 Å². The lowest BCUT2D eigenvalue weighted by atomic mass is 9.87. The highest BCUT2D eigenvalue weighted by atomic mass is 35.5. The van der Waals surface area contributed by atoms with Crippen LogP contribution in [0.3, 0.4) is 0 Å². The number of nitrogens with zero attached hydrogens (tertiary/aromatic N) is 2. The molecule has 1 aliphatic heterocycles. The third kappa shape index (κ3) is 6.39. The van der Waals surface area contributed by atoms with Gasteiger partial charge in [-0.1, -0.05) is 23.7 Å². The van der Waals surface area contributed by atoms with Gasteiger partial charge in [0.15, 0.2) is 15.7 Å². The summed E-state index contributed by atoms with van der Waals surface area (Å²) in [4.78, 5) is 8.05. The van der Waals surface area contributed by atoms with E-state index in [0.29, 0.717) is 11.1 Å². The second-order valence-electron chi connectivity index (χ2n) is 9.07. The average molecular weight is 567 g/mol. The van der Waals surface area contributed by atoms with Crippen LogP contribution in [0, 0.1) is 6.92 Å². The van der Waals surface area contributed by atoms with E-state index in [0.717, 1.165) is 12.1 Å². The molecular weight excluding hydrogens is 522 g/mol. The zero-order valence-corrected chi connectivity index (χ0v) is 23.3. The van der Waals surface area contributed by atoms with Crippen LogP contribution in [-0.2, 0) is 9.84 Å². The van der Waals surface area contributed by atoms with E-state index in [1.165, 1.54) is 33.9 Å². The Bertz CT molecular complexity index is 1800. The minimum absolute atomic E-state index is 0.0360. The quantitative estimate of drug-likeness (QED) is 0.275. The fourth-order valence-corrected chi connectivity index (χ4v) is 4.99. The fraction of sp³-hybridized carbons (Fsp3) is 0.429. The standard InChI is InChI=1S/C28H36ClN5O3S/c1-17(2)37-25-15-21(20-10-12-30-13-11-20)19(5)14-24(25)33-28-31-16-22(29)27(34-28)32-23-8-6-7-9-26(23)38(35,36)18(3)4/h6-9,14-18,20,30H,10-13H2,1-5H3,(H2,31,32,33,34)/i7D,8D,12D2,13D2,14D,17D,18D. The van der Waals surface area contributed by atoms with Gasteiger partial charge >= 0.3 is 0 Å². The topological polar surface area (TPSA) is 105 Å². The first-order valence-electron chi connectivity index (χ1n) is 16.4. The first-order valence-corrected chi connectivity index (χ1v) is 13.7. The number of sulfone groups is 1. The van der Waals surface area contributed by atoms with Crippen LogP contribution in [0.2, 0.25) is 5.02 Å². The molecule has 38 heavy (non-hydrogen) atoms. The van der Waals surface area contributed by atoms with Crippen molar-refractivity contribution in [2.75, 3.05) is 23.6 Å². The summed E-state index contributed by atoms with van der Waals surface area (Å²) >= 11 is 6.36. The number of rotatable bonds is 9. The van der Waals surface area contributed by atoms with Crippen LogP contribution in [-0.4, -0.2) is 42.7 Å². The second-order valence-corrected chi connectivity index (χ2v) is 11.7. The molecule has 0 unspecified atom stereocenters. The Morgan fingerprint density at radius 3 is 2.66 bits per heavy atom. The molecule has 3 N–H and O–H groups in total. The van der Waals surface area contributed by atoms with Gasteiger partial charge in [0.1, 0.15) is 10.8 Å². The maximum Gasteiger partial charge on any atom is 0.229 e. The maximum atomic E-state index is 13.2. The van der Waals surface area contributed by atoms with Gasteiger partial charge in [-0.15, -0.1) is 0 Å². The van der Waals surface area contributed by atoms with Crippen LogP contribution < -0.4 is 20.7 Å². The van der Waals surface area contributed by atoms with Gasteiger partial charge in [-0.05, 0) is 102 Å². The van der Waals surface area contributed by atoms with Crippen LogP contribution in [0.5, 0.6) is 5.75 Å². The van der Waals surface area contributed by atoms with E-state index in [2.05, 4.69) is 25.9 Å². The molecule has 204 valence electrons. The molecular formula is C28H36ClN5O3S.